The Morgan fingerprint density at radius 3 is 3.00 bits per heavy atom. The Morgan fingerprint density at radius 1 is 1.26 bits per heavy atom. The van der Waals surface area contributed by atoms with E-state index in [1.54, 1.807) is 12.1 Å². The van der Waals surface area contributed by atoms with Gasteiger partial charge >= 0.3 is 0 Å². The minimum absolute atomic E-state index is 0.493. The maximum absolute atomic E-state index is 10.4. The number of nitrogens with zero attached hydrogens (tertiary/aromatic N) is 3. The molecule has 4 rings (SSSR count). The maximum Gasteiger partial charge on any atom is 0.227 e. The molecule has 1 atom stereocenters. The summed E-state index contributed by atoms with van der Waals surface area (Å²) in [7, 11) is 0. The molecule has 1 aromatic carbocycles. The van der Waals surface area contributed by atoms with Gasteiger partial charge in [-0.05, 0) is 43.0 Å². The Kier molecular flexibility index (Phi) is 4.83. The van der Waals surface area contributed by atoms with E-state index in [4.69, 9.17) is 9.57 Å². The van der Waals surface area contributed by atoms with Gasteiger partial charge in [0.25, 0.3) is 0 Å². The molecule has 0 amide bonds. The summed E-state index contributed by atoms with van der Waals surface area (Å²) in [6, 6.07) is 12.1. The Balaban J connectivity index is 1.86. The SMILES string of the molecule is CCOC(CCC=C=O)ON=c1c2nccc3cccc(c32)n2cccc12. The highest BCUT2D eigenvalue weighted by Crippen LogP contribution is 2.24. The molecule has 1 unspecified atom stereocenters. The van der Waals surface area contributed by atoms with Crippen molar-refractivity contribution in [1.82, 2.24) is 9.38 Å². The summed E-state index contributed by atoms with van der Waals surface area (Å²) in [6.45, 7) is 2.39. The van der Waals surface area contributed by atoms with Crippen molar-refractivity contribution in [2.24, 2.45) is 5.16 Å². The van der Waals surface area contributed by atoms with Gasteiger partial charge in [-0.25, -0.2) is 4.79 Å². The van der Waals surface area contributed by atoms with Crippen molar-refractivity contribution in [2.75, 3.05) is 6.61 Å². The zero-order valence-electron chi connectivity index (χ0n) is 15.0. The molecule has 0 aliphatic heterocycles. The number of pyridine rings is 2. The van der Waals surface area contributed by atoms with Crippen LogP contribution < -0.4 is 5.36 Å². The fourth-order valence-corrected chi connectivity index (χ4v) is 3.33. The predicted octanol–water partition coefficient (Wildman–Crippen LogP) is 3.44. The second-order valence-corrected chi connectivity index (χ2v) is 6.13. The fraction of sp³-hybridized carbons (Fsp3) is 0.238. The fourth-order valence-electron chi connectivity index (χ4n) is 3.33. The molecule has 0 N–H and O–H groups in total. The molecule has 0 radical (unpaired) electrons. The van der Waals surface area contributed by atoms with Gasteiger partial charge in [0.2, 0.25) is 6.29 Å². The molecule has 6 nitrogen and oxygen atoms in total. The largest absolute Gasteiger partial charge is 0.363 e. The lowest BCUT2D eigenvalue weighted by Crippen LogP contribution is -2.18. The molecule has 0 aliphatic rings. The zero-order chi connectivity index (χ0) is 18.6. The summed E-state index contributed by atoms with van der Waals surface area (Å²) in [5.74, 6) is 1.77. The first-order valence-electron chi connectivity index (χ1n) is 8.94. The maximum atomic E-state index is 10.4. The number of hydrogen-bond acceptors (Lipinski definition) is 5. The molecule has 3 aromatic heterocycles. The van der Waals surface area contributed by atoms with Crippen LogP contribution in [0.4, 0.5) is 0 Å². The molecule has 6 heteroatoms. The van der Waals surface area contributed by atoms with E-state index in [9.17, 15) is 4.79 Å². The topological polar surface area (TPSA) is 65.2 Å². The van der Waals surface area contributed by atoms with Crippen molar-refractivity contribution in [1.29, 1.82) is 0 Å². The molecule has 0 saturated heterocycles. The van der Waals surface area contributed by atoms with Crippen LogP contribution in [-0.2, 0) is 14.4 Å². The van der Waals surface area contributed by atoms with E-state index in [2.05, 4.69) is 26.7 Å². The third-order valence-corrected chi connectivity index (χ3v) is 4.49. The van der Waals surface area contributed by atoms with Crippen LogP contribution in [0.5, 0.6) is 0 Å². The van der Waals surface area contributed by atoms with Crippen LogP contribution in [0.1, 0.15) is 19.8 Å². The van der Waals surface area contributed by atoms with Crippen LogP contribution in [0.2, 0.25) is 0 Å². The number of allylic oxidation sites excluding steroid dienone is 1. The molecule has 0 spiro atoms. The number of aromatic nitrogens is 2. The van der Waals surface area contributed by atoms with Crippen molar-refractivity contribution in [2.45, 2.75) is 26.1 Å². The number of rotatable bonds is 7. The molecular weight excluding hydrogens is 342 g/mol. The van der Waals surface area contributed by atoms with Gasteiger partial charge in [-0.2, -0.15) is 0 Å². The van der Waals surface area contributed by atoms with Crippen LogP contribution in [-0.4, -0.2) is 28.2 Å². The van der Waals surface area contributed by atoms with Crippen molar-refractivity contribution < 1.29 is 14.4 Å². The zero-order valence-corrected chi connectivity index (χ0v) is 15.0. The summed E-state index contributed by atoms with van der Waals surface area (Å²) >= 11 is 0. The van der Waals surface area contributed by atoms with Gasteiger partial charge in [0, 0.05) is 36.9 Å². The van der Waals surface area contributed by atoms with Gasteiger partial charge in [-0.1, -0.05) is 17.3 Å². The van der Waals surface area contributed by atoms with Gasteiger partial charge in [0.1, 0.15) is 11.5 Å². The number of ether oxygens (including phenoxy) is 1. The molecule has 27 heavy (non-hydrogen) atoms. The van der Waals surface area contributed by atoms with E-state index < -0.39 is 6.29 Å². The molecule has 0 fully saturated rings. The third kappa shape index (κ3) is 3.16. The van der Waals surface area contributed by atoms with Crippen LogP contribution in [0.25, 0.3) is 27.3 Å². The monoisotopic (exact) mass is 361 g/mol. The van der Waals surface area contributed by atoms with Crippen LogP contribution in [0, 0.1) is 0 Å². The minimum Gasteiger partial charge on any atom is -0.363 e. The first-order chi connectivity index (χ1) is 13.3. The van der Waals surface area contributed by atoms with Gasteiger partial charge in [-0.15, -0.1) is 0 Å². The Hall–Kier alpha value is -3.21. The van der Waals surface area contributed by atoms with E-state index in [0.717, 1.165) is 27.3 Å². The van der Waals surface area contributed by atoms with Gasteiger partial charge < -0.3 is 14.0 Å². The van der Waals surface area contributed by atoms with Gasteiger partial charge in [-0.3, -0.25) is 4.98 Å². The molecular formula is C21H19N3O3. The third-order valence-electron chi connectivity index (χ3n) is 4.49. The first-order valence-corrected chi connectivity index (χ1v) is 8.94. The summed E-state index contributed by atoms with van der Waals surface area (Å²) in [5.41, 5.74) is 2.78. The van der Waals surface area contributed by atoms with E-state index in [-0.39, 0.29) is 0 Å². The number of benzene rings is 1. The molecule has 4 aromatic rings. The Labute approximate surface area is 155 Å². The van der Waals surface area contributed by atoms with E-state index in [0.29, 0.717) is 24.8 Å². The summed E-state index contributed by atoms with van der Waals surface area (Å²) < 4.78 is 7.67. The van der Waals surface area contributed by atoms with Crippen molar-refractivity contribution in [3.05, 3.63) is 60.2 Å². The van der Waals surface area contributed by atoms with E-state index >= 15 is 0 Å². The standard InChI is InChI=1S/C21H19N3O3/c1-2-26-18(10-3-4-14-25)27-23-20-17-9-6-13-24(17)16-8-5-7-15-11-12-22-21(20)19(15)16/h4-9,11-13,18H,2-3,10H2,1H3. The summed E-state index contributed by atoms with van der Waals surface area (Å²) in [6.07, 6.45) is 5.72. The number of hydrogen-bond donors (Lipinski definition) is 0. The average Bonchev–Trinajstić information content (AvgIpc) is 3.18. The van der Waals surface area contributed by atoms with E-state index in [1.165, 1.54) is 6.08 Å². The van der Waals surface area contributed by atoms with Crippen molar-refractivity contribution in [3.8, 4) is 0 Å². The lowest BCUT2D eigenvalue weighted by atomic mass is 10.1. The van der Waals surface area contributed by atoms with Gasteiger partial charge in [0.15, 0.2) is 5.36 Å². The van der Waals surface area contributed by atoms with Crippen LogP contribution in [0.15, 0.2) is 60.0 Å². The lowest BCUT2D eigenvalue weighted by Gasteiger charge is -2.14. The van der Waals surface area contributed by atoms with Gasteiger partial charge in [0.05, 0.1) is 11.0 Å². The van der Waals surface area contributed by atoms with E-state index in [1.807, 2.05) is 37.4 Å². The Morgan fingerprint density at radius 2 is 2.15 bits per heavy atom. The normalized spacial score (nSPS) is 13.3. The Bertz CT molecular complexity index is 1190. The second kappa shape index (κ2) is 7.58. The molecule has 136 valence electrons. The van der Waals surface area contributed by atoms with Crippen LogP contribution in [0.3, 0.4) is 0 Å². The van der Waals surface area contributed by atoms with Crippen LogP contribution >= 0.6 is 0 Å². The molecule has 0 saturated carbocycles. The minimum atomic E-state index is -0.535. The predicted molar refractivity (Wildman–Crippen MR) is 103 cm³/mol. The second-order valence-electron chi connectivity index (χ2n) is 6.13. The van der Waals surface area contributed by atoms with Crippen molar-refractivity contribution >= 4 is 33.3 Å². The average molecular weight is 361 g/mol. The number of carbonyl (C=O) groups excluding carboxylic acids is 1. The smallest absolute Gasteiger partial charge is 0.227 e. The highest BCUT2D eigenvalue weighted by molar-refractivity contribution is 6.08. The lowest BCUT2D eigenvalue weighted by molar-refractivity contribution is -0.144. The quantitative estimate of drug-likeness (QED) is 0.287. The van der Waals surface area contributed by atoms with Crippen molar-refractivity contribution in [3.63, 3.8) is 0 Å². The molecule has 0 bridgehead atoms. The summed E-state index contributed by atoms with van der Waals surface area (Å²) in [5, 5.41) is 7.22. The highest BCUT2D eigenvalue weighted by Gasteiger charge is 2.13. The molecule has 0 aliphatic carbocycles. The first kappa shape index (κ1) is 17.2. The highest BCUT2D eigenvalue weighted by atomic mass is 16.8. The number of fused-ring (bicyclic) bond motifs is 2. The summed E-state index contributed by atoms with van der Waals surface area (Å²) in [4.78, 5) is 20.7. The molecule has 3 heterocycles.